The van der Waals surface area contributed by atoms with Crippen molar-refractivity contribution in [2.75, 3.05) is 6.54 Å². The van der Waals surface area contributed by atoms with Crippen LogP contribution in [-0.2, 0) is 19.5 Å². The van der Waals surface area contributed by atoms with Gasteiger partial charge in [-0.1, -0.05) is 19.8 Å². The Balaban J connectivity index is 1.80. The van der Waals surface area contributed by atoms with Crippen LogP contribution >= 0.6 is 15.9 Å². The molecule has 3 nitrogen and oxygen atoms in total. The van der Waals surface area contributed by atoms with Crippen molar-refractivity contribution in [3.63, 3.8) is 0 Å². The molecular formula is C17H28BrN3. The molecule has 2 fully saturated rings. The zero-order chi connectivity index (χ0) is 14.8. The van der Waals surface area contributed by atoms with Crippen molar-refractivity contribution in [1.82, 2.24) is 14.7 Å². The second-order valence-electron chi connectivity index (χ2n) is 6.60. The average molecular weight is 354 g/mol. The van der Waals surface area contributed by atoms with Crippen LogP contribution in [0.3, 0.4) is 0 Å². The predicted molar refractivity (Wildman–Crippen MR) is 90.4 cm³/mol. The van der Waals surface area contributed by atoms with Gasteiger partial charge in [-0.25, -0.2) is 0 Å². The third kappa shape index (κ3) is 3.07. The number of hydrogen-bond acceptors (Lipinski definition) is 2. The van der Waals surface area contributed by atoms with Crippen LogP contribution in [-0.4, -0.2) is 27.3 Å². The molecule has 0 bridgehead atoms. The van der Waals surface area contributed by atoms with Gasteiger partial charge in [0.25, 0.3) is 0 Å². The van der Waals surface area contributed by atoms with Gasteiger partial charge < -0.3 is 0 Å². The van der Waals surface area contributed by atoms with E-state index < -0.39 is 0 Å². The van der Waals surface area contributed by atoms with Gasteiger partial charge in [0, 0.05) is 19.1 Å². The summed E-state index contributed by atoms with van der Waals surface area (Å²) in [4.78, 5) is 2.75. The maximum absolute atomic E-state index is 4.76. The quantitative estimate of drug-likeness (QED) is 0.800. The van der Waals surface area contributed by atoms with Gasteiger partial charge >= 0.3 is 0 Å². The molecule has 0 aromatic carbocycles. The highest BCUT2D eigenvalue weighted by atomic mass is 79.9. The van der Waals surface area contributed by atoms with Crippen molar-refractivity contribution < 1.29 is 0 Å². The molecule has 3 rings (SSSR count). The SMILES string of the molecule is CCc1nn(CC)c(CN2CCC[C@H]3CCCC[C@H]32)c1Br. The first kappa shape index (κ1) is 15.5. The van der Waals surface area contributed by atoms with E-state index in [0.29, 0.717) is 0 Å². The predicted octanol–water partition coefficient (Wildman–Crippen LogP) is 4.38. The standard InChI is InChI=1S/C17H28BrN3/c1-3-14-17(18)16(21(4-2)19-14)12-20-11-7-9-13-8-5-6-10-15(13)20/h13,15H,3-12H2,1-2H3/t13-,15-/m1/s1. The molecule has 2 aliphatic rings. The van der Waals surface area contributed by atoms with Gasteiger partial charge in [-0.15, -0.1) is 0 Å². The van der Waals surface area contributed by atoms with Crippen molar-refractivity contribution in [3.05, 3.63) is 15.9 Å². The Morgan fingerprint density at radius 1 is 1.14 bits per heavy atom. The van der Waals surface area contributed by atoms with Crippen LogP contribution in [0.4, 0.5) is 0 Å². The lowest BCUT2D eigenvalue weighted by Gasteiger charge is -2.44. The van der Waals surface area contributed by atoms with E-state index in [0.717, 1.165) is 31.5 Å². The molecule has 1 aliphatic carbocycles. The number of halogens is 1. The third-order valence-corrected chi connectivity index (χ3v) is 6.32. The first-order valence-corrected chi connectivity index (χ1v) is 9.52. The molecule has 1 saturated carbocycles. The van der Waals surface area contributed by atoms with Gasteiger partial charge in [0.05, 0.1) is 15.9 Å². The first-order valence-electron chi connectivity index (χ1n) is 8.72. The van der Waals surface area contributed by atoms with E-state index >= 15 is 0 Å². The molecule has 0 N–H and O–H groups in total. The number of fused-ring (bicyclic) bond motifs is 1. The van der Waals surface area contributed by atoms with Gasteiger partial charge in [-0.2, -0.15) is 5.10 Å². The van der Waals surface area contributed by atoms with Crippen molar-refractivity contribution in [3.8, 4) is 0 Å². The average Bonchev–Trinajstić information content (AvgIpc) is 2.83. The van der Waals surface area contributed by atoms with E-state index in [1.807, 2.05) is 0 Å². The Kier molecular flexibility index (Phi) is 5.05. The zero-order valence-electron chi connectivity index (χ0n) is 13.4. The van der Waals surface area contributed by atoms with Crippen LogP contribution < -0.4 is 0 Å². The molecule has 2 atom stereocenters. The Morgan fingerprint density at radius 2 is 1.90 bits per heavy atom. The summed E-state index contributed by atoms with van der Waals surface area (Å²) in [6.45, 7) is 7.69. The van der Waals surface area contributed by atoms with E-state index in [2.05, 4.69) is 39.4 Å². The number of hydrogen-bond donors (Lipinski definition) is 0. The number of aryl methyl sites for hydroxylation is 2. The van der Waals surface area contributed by atoms with Crippen LogP contribution in [0, 0.1) is 5.92 Å². The molecule has 1 aliphatic heterocycles. The van der Waals surface area contributed by atoms with Gasteiger partial charge in [0.2, 0.25) is 0 Å². The fraction of sp³-hybridized carbons (Fsp3) is 0.824. The normalized spacial score (nSPS) is 26.8. The van der Waals surface area contributed by atoms with Crippen molar-refractivity contribution in [2.24, 2.45) is 5.92 Å². The third-order valence-electron chi connectivity index (χ3n) is 5.41. The monoisotopic (exact) mass is 353 g/mol. The molecule has 0 spiro atoms. The largest absolute Gasteiger partial charge is 0.294 e. The van der Waals surface area contributed by atoms with Gasteiger partial charge in [-0.05, 0) is 67.4 Å². The molecule has 0 unspecified atom stereocenters. The maximum atomic E-state index is 4.76. The van der Waals surface area contributed by atoms with Crippen LogP contribution in [0.5, 0.6) is 0 Å². The lowest BCUT2D eigenvalue weighted by atomic mass is 9.78. The number of piperidine rings is 1. The van der Waals surface area contributed by atoms with E-state index in [4.69, 9.17) is 5.10 Å². The Bertz CT molecular complexity index is 481. The van der Waals surface area contributed by atoms with Crippen LogP contribution in [0.2, 0.25) is 0 Å². The van der Waals surface area contributed by atoms with E-state index in [1.165, 1.54) is 60.9 Å². The van der Waals surface area contributed by atoms with E-state index in [9.17, 15) is 0 Å². The molecular weight excluding hydrogens is 326 g/mol. The molecule has 1 aromatic heterocycles. The highest BCUT2D eigenvalue weighted by Crippen LogP contribution is 2.36. The molecule has 4 heteroatoms. The highest BCUT2D eigenvalue weighted by molar-refractivity contribution is 9.10. The summed E-state index contributed by atoms with van der Waals surface area (Å²) in [5.41, 5.74) is 2.60. The summed E-state index contributed by atoms with van der Waals surface area (Å²) in [5, 5.41) is 4.76. The second-order valence-corrected chi connectivity index (χ2v) is 7.39. The van der Waals surface area contributed by atoms with Crippen molar-refractivity contribution >= 4 is 15.9 Å². The summed E-state index contributed by atoms with van der Waals surface area (Å²) in [5.74, 6) is 0.954. The summed E-state index contributed by atoms with van der Waals surface area (Å²) in [7, 11) is 0. The minimum Gasteiger partial charge on any atom is -0.294 e. The maximum Gasteiger partial charge on any atom is 0.0767 e. The Labute approximate surface area is 137 Å². The van der Waals surface area contributed by atoms with E-state index in [1.54, 1.807) is 0 Å². The van der Waals surface area contributed by atoms with Crippen molar-refractivity contribution in [2.45, 2.75) is 77.9 Å². The summed E-state index contributed by atoms with van der Waals surface area (Å²) in [6, 6.07) is 0.824. The summed E-state index contributed by atoms with van der Waals surface area (Å²) < 4.78 is 3.46. The number of likely N-dealkylation sites (tertiary alicyclic amines) is 1. The van der Waals surface area contributed by atoms with Gasteiger partial charge in [0.15, 0.2) is 0 Å². The molecule has 0 radical (unpaired) electrons. The van der Waals surface area contributed by atoms with Crippen LogP contribution in [0.1, 0.15) is 63.8 Å². The summed E-state index contributed by atoms with van der Waals surface area (Å²) in [6.07, 6.45) is 9.57. The molecule has 118 valence electrons. The van der Waals surface area contributed by atoms with Crippen LogP contribution in [0.25, 0.3) is 0 Å². The number of rotatable bonds is 4. The van der Waals surface area contributed by atoms with Gasteiger partial charge in [-0.3, -0.25) is 9.58 Å². The number of nitrogens with zero attached hydrogens (tertiary/aromatic N) is 3. The summed E-state index contributed by atoms with van der Waals surface area (Å²) >= 11 is 3.81. The minimum atomic E-state index is 0.824. The van der Waals surface area contributed by atoms with Crippen LogP contribution in [0.15, 0.2) is 4.47 Å². The Morgan fingerprint density at radius 3 is 2.67 bits per heavy atom. The molecule has 2 heterocycles. The highest BCUT2D eigenvalue weighted by Gasteiger charge is 2.33. The lowest BCUT2D eigenvalue weighted by Crippen LogP contribution is -2.46. The fourth-order valence-electron chi connectivity index (χ4n) is 4.28. The lowest BCUT2D eigenvalue weighted by molar-refractivity contribution is 0.0525. The molecule has 1 saturated heterocycles. The first-order chi connectivity index (χ1) is 10.2. The van der Waals surface area contributed by atoms with E-state index in [-0.39, 0.29) is 0 Å². The topological polar surface area (TPSA) is 21.1 Å². The minimum absolute atomic E-state index is 0.824. The second kappa shape index (κ2) is 6.82. The molecule has 21 heavy (non-hydrogen) atoms. The zero-order valence-corrected chi connectivity index (χ0v) is 15.0. The smallest absolute Gasteiger partial charge is 0.0767 e. The number of aromatic nitrogens is 2. The fourth-order valence-corrected chi connectivity index (χ4v) is 4.97. The Hall–Kier alpha value is -0.350. The molecule has 1 aromatic rings. The van der Waals surface area contributed by atoms with Gasteiger partial charge in [0.1, 0.15) is 0 Å². The molecule has 0 amide bonds. The van der Waals surface area contributed by atoms with Crippen molar-refractivity contribution in [1.29, 1.82) is 0 Å².